The molecular weight excluding hydrogens is 220 g/mol. The highest BCUT2D eigenvalue weighted by Crippen LogP contribution is 2.11. The molecule has 3 nitrogen and oxygen atoms in total. The Balaban J connectivity index is 1.72. The minimum atomic E-state index is 0.310. The van der Waals surface area contributed by atoms with Crippen LogP contribution in [-0.2, 0) is 11.3 Å². The second-order valence-electron chi connectivity index (χ2n) is 4.30. The highest BCUT2D eigenvalue weighted by molar-refractivity contribution is 7.09. The molecule has 4 heteroatoms. The quantitative estimate of drug-likeness (QED) is 0.849. The van der Waals surface area contributed by atoms with E-state index in [0.29, 0.717) is 11.9 Å². The third-order valence-corrected chi connectivity index (χ3v) is 3.75. The molecule has 0 spiro atoms. The molecule has 1 saturated heterocycles. The fourth-order valence-corrected chi connectivity index (χ4v) is 2.64. The summed E-state index contributed by atoms with van der Waals surface area (Å²) in [6.07, 6.45) is 1.76. The molecule has 1 aliphatic heterocycles. The normalized spacial score (nSPS) is 18.1. The molecule has 2 heterocycles. The predicted octanol–water partition coefficient (Wildman–Crippen LogP) is 1.85. The molecule has 1 aromatic heterocycles. The van der Waals surface area contributed by atoms with Crippen molar-refractivity contribution in [3.05, 3.63) is 22.4 Å². The van der Waals surface area contributed by atoms with Gasteiger partial charge in [-0.15, -0.1) is 11.3 Å². The number of nitrogens with zero attached hydrogens (tertiary/aromatic N) is 1. The summed E-state index contributed by atoms with van der Waals surface area (Å²) in [4.78, 5) is 14.8. The average Bonchev–Trinajstić information content (AvgIpc) is 2.88. The van der Waals surface area contributed by atoms with Gasteiger partial charge in [-0.3, -0.25) is 4.79 Å². The van der Waals surface area contributed by atoms with Crippen LogP contribution in [0.5, 0.6) is 0 Å². The van der Waals surface area contributed by atoms with Crippen LogP contribution in [-0.4, -0.2) is 29.9 Å². The van der Waals surface area contributed by atoms with Crippen molar-refractivity contribution >= 4 is 17.2 Å². The summed E-state index contributed by atoms with van der Waals surface area (Å²) in [5.41, 5.74) is 0. The molecule has 1 fully saturated rings. The van der Waals surface area contributed by atoms with E-state index in [2.05, 4.69) is 29.8 Å². The van der Waals surface area contributed by atoms with Gasteiger partial charge in [0.1, 0.15) is 0 Å². The highest BCUT2D eigenvalue weighted by atomic mass is 32.1. The third-order valence-electron chi connectivity index (χ3n) is 2.87. The van der Waals surface area contributed by atoms with E-state index in [1.54, 1.807) is 11.3 Å². The van der Waals surface area contributed by atoms with E-state index in [4.69, 9.17) is 0 Å². The fourth-order valence-electron chi connectivity index (χ4n) is 1.98. The van der Waals surface area contributed by atoms with Crippen molar-refractivity contribution in [2.24, 2.45) is 0 Å². The number of hydrogen-bond acceptors (Lipinski definition) is 3. The van der Waals surface area contributed by atoms with Crippen LogP contribution >= 0.6 is 11.3 Å². The van der Waals surface area contributed by atoms with E-state index in [1.807, 2.05) is 4.90 Å². The number of nitrogens with one attached hydrogen (secondary N) is 1. The van der Waals surface area contributed by atoms with Gasteiger partial charge in [0.15, 0.2) is 0 Å². The Bertz CT molecular complexity index is 337. The minimum absolute atomic E-state index is 0.310. The number of likely N-dealkylation sites (tertiary alicyclic amines) is 1. The van der Waals surface area contributed by atoms with Crippen molar-refractivity contribution in [3.63, 3.8) is 0 Å². The van der Waals surface area contributed by atoms with Crippen molar-refractivity contribution in [2.45, 2.75) is 32.4 Å². The zero-order valence-electron chi connectivity index (χ0n) is 9.61. The molecule has 88 valence electrons. The van der Waals surface area contributed by atoms with E-state index >= 15 is 0 Å². The van der Waals surface area contributed by atoms with Crippen LogP contribution < -0.4 is 5.32 Å². The monoisotopic (exact) mass is 238 g/mol. The molecule has 0 aromatic carbocycles. The van der Waals surface area contributed by atoms with Crippen LogP contribution in [0.1, 0.15) is 24.6 Å². The largest absolute Gasteiger partial charge is 0.341 e. The smallest absolute Gasteiger partial charge is 0.222 e. The predicted molar refractivity (Wildman–Crippen MR) is 66.4 cm³/mol. The van der Waals surface area contributed by atoms with Crippen molar-refractivity contribution < 1.29 is 4.79 Å². The van der Waals surface area contributed by atoms with Gasteiger partial charge >= 0.3 is 0 Å². The summed E-state index contributed by atoms with van der Waals surface area (Å²) in [5.74, 6) is 0.310. The van der Waals surface area contributed by atoms with Gasteiger partial charge < -0.3 is 10.2 Å². The number of thiophene rings is 1. The maximum atomic E-state index is 11.4. The standard InChI is InChI=1S/C12H18N2OS/c1-10(9-14-6-2-5-12(14)15)13-8-11-4-3-7-16-11/h3-4,7,10,13H,2,5-6,8-9H2,1H3. The fraction of sp³-hybridized carbons (Fsp3) is 0.583. The number of rotatable bonds is 5. The molecule has 1 N–H and O–H groups in total. The Morgan fingerprint density at radius 3 is 3.12 bits per heavy atom. The van der Waals surface area contributed by atoms with Gasteiger partial charge in [-0.2, -0.15) is 0 Å². The lowest BCUT2D eigenvalue weighted by molar-refractivity contribution is -0.127. The number of carbonyl (C=O) groups is 1. The molecule has 0 aliphatic carbocycles. The molecule has 2 rings (SSSR count). The van der Waals surface area contributed by atoms with Crippen molar-refractivity contribution in [1.82, 2.24) is 10.2 Å². The Morgan fingerprint density at radius 2 is 2.50 bits per heavy atom. The van der Waals surface area contributed by atoms with E-state index in [9.17, 15) is 4.79 Å². The Morgan fingerprint density at radius 1 is 1.62 bits per heavy atom. The van der Waals surface area contributed by atoms with E-state index < -0.39 is 0 Å². The number of hydrogen-bond donors (Lipinski definition) is 1. The van der Waals surface area contributed by atoms with Crippen LogP contribution in [0.15, 0.2) is 17.5 Å². The summed E-state index contributed by atoms with van der Waals surface area (Å²) < 4.78 is 0. The lowest BCUT2D eigenvalue weighted by atomic mass is 10.3. The summed E-state index contributed by atoms with van der Waals surface area (Å²) in [5, 5.41) is 5.54. The first-order valence-electron chi connectivity index (χ1n) is 5.79. The Labute approximate surface area is 100 Å². The zero-order chi connectivity index (χ0) is 11.4. The number of carbonyl (C=O) groups excluding carboxylic acids is 1. The Hall–Kier alpha value is -0.870. The second-order valence-corrected chi connectivity index (χ2v) is 5.34. The van der Waals surface area contributed by atoms with Gasteiger partial charge in [-0.25, -0.2) is 0 Å². The van der Waals surface area contributed by atoms with Crippen molar-refractivity contribution in [3.8, 4) is 0 Å². The summed E-state index contributed by atoms with van der Waals surface area (Å²) in [7, 11) is 0. The molecule has 0 saturated carbocycles. The van der Waals surface area contributed by atoms with Crippen LogP contribution in [0.2, 0.25) is 0 Å². The number of amides is 1. The first kappa shape index (κ1) is 11.6. The van der Waals surface area contributed by atoms with Crippen molar-refractivity contribution in [2.75, 3.05) is 13.1 Å². The van der Waals surface area contributed by atoms with Crippen molar-refractivity contribution in [1.29, 1.82) is 0 Å². The molecule has 1 aromatic rings. The molecule has 1 aliphatic rings. The maximum absolute atomic E-state index is 11.4. The van der Waals surface area contributed by atoms with Crippen LogP contribution in [0.3, 0.4) is 0 Å². The van der Waals surface area contributed by atoms with E-state index in [1.165, 1.54) is 4.88 Å². The molecule has 1 atom stereocenters. The van der Waals surface area contributed by atoms with Gasteiger partial charge in [-0.1, -0.05) is 6.07 Å². The summed E-state index contributed by atoms with van der Waals surface area (Å²) in [6.45, 7) is 4.81. The van der Waals surface area contributed by atoms with Gasteiger partial charge in [0.05, 0.1) is 0 Å². The van der Waals surface area contributed by atoms with Crippen LogP contribution in [0.4, 0.5) is 0 Å². The lowest BCUT2D eigenvalue weighted by Gasteiger charge is -2.21. The average molecular weight is 238 g/mol. The highest BCUT2D eigenvalue weighted by Gasteiger charge is 2.21. The SMILES string of the molecule is CC(CN1CCCC1=O)NCc1cccs1. The van der Waals surface area contributed by atoms with E-state index in [-0.39, 0.29) is 0 Å². The molecule has 1 amide bonds. The molecule has 0 radical (unpaired) electrons. The van der Waals surface area contributed by atoms with Gasteiger partial charge in [0.25, 0.3) is 0 Å². The molecule has 16 heavy (non-hydrogen) atoms. The first-order chi connectivity index (χ1) is 7.75. The molecule has 0 bridgehead atoms. The third kappa shape index (κ3) is 3.06. The lowest BCUT2D eigenvalue weighted by Crippen LogP contribution is -2.39. The zero-order valence-corrected chi connectivity index (χ0v) is 10.4. The van der Waals surface area contributed by atoms with Crippen LogP contribution in [0, 0.1) is 0 Å². The Kier molecular flexibility index (Phi) is 3.96. The van der Waals surface area contributed by atoms with Gasteiger partial charge in [0.2, 0.25) is 5.91 Å². The van der Waals surface area contributed by atoms with Gasteiger partial charge in [-0.05, 0) is 24.8 Å². The molecular formula is C12H18N2OS. The minimum Gasteiger partial charge on any atom is -0.341 e. The summed E-state index contributed by atoms with van der Waals surface area (Å²) in [6, 6.07) is 4.56. The summed E-state index contributed by atoms with van der Waals surface area (Å²) >= 11 is 1.77. The van der Waals surface area contributed by atoms with E-state index in [0.717, 1.165) is 32.5 Å². The maximum Gasteiger partial charge on any atom is 0.222 e. The second kappa shape index (κ2) is 5.46. The molecule has 1 unspecified atom stereocenters. The van der Waals surface area contributed by atoms with Crippen LogP contribution in [0.25, 0.3) is 0 Å². The van der Waals surface area contributed by atoms with Gasteiger partial charge in [0, 0.05) is 37.0 Å². The first-order valence-corrected chi connectivity index (χ1v) is 6.67. The topological polar surface area (TPSA) is 32.3 Å².